The average molecular weight is 360 g/mol. The molecule has 0 saturated carbocycles. The molecule has 0 spiro atoms. The van der Waals surface area contributed by atoms with Gasteiger partial charge >= 0.3 is 0 Å². The van der Waals surface area contributed by atoms with Crippen molar-refractivity contribution >= 4 is 0 Å². The summed E-state index contributed by atoms with van der Waals surface area (Å²) in [6.07, 6.45) is 1.06. The first-order valence-electron chi connectivity index (χ1n) is 9.75. The summed E-state index contributed by atoms with van der Waals surface area (Å²) in [6, 6.07) is 30.1. The number of ether oxygens (including phenoxy) is 1. The summed E-state index contributed by atoms with van der Waals surface area (Å²) in [5.74, 6) is 1.35. The van der Waals surface area contributed by atoms with Gasteiger partial charge in [0.2, 0.25) is 0 Å². The molecule has 0 amide bonds. The maximum atomic E-state index is 5.91. The molecule has 3 rings (SSSR count). The van der Waals surface area contributed by atoms with Crippen LogP contribution < -0.4 is 10.1 Å². The SMILES string of the molecule is Cc1cccc(OCC(C)NCCC(c2ccccc2)c2ccccc2)c1. The zero-order chi connectivity index (χ0) is 18.9. The lowest BCUT2D eigenvalue weighted by molar-refractivity contribution is 0.272. The molecular weight excluding hydrogens is 330 g/mol. The molecule has 0 bridgehead atoms. The van der Waals surface area contributed by atoms with E-state index in [9.17, 15) is 0 Å². The maximum Gasteiger partial charge on any atom is 0.119 e. The Bertz CT molecular complexity index is 761. The van der Waals surface area contributed by atoms with Crippen LogP contribution in [-0.2, 0) is 0 Å². The van der Waals surface area contributed by atoms with E-state index in [1.54, 1.807) is 0 Å². The second-order valence-electron chi connectivity index (χ2n) is 7.15. The number of rotatable bonds is 9. The van der Waals surface area contributed by atoms with Gasteiger partial charge in [-0.15, -0.1) is 0 Å². The predicted octanol–water partition coefficient (Wildman–Crippen LogP) is 5.57. The van der Waals surface area contributed by atoms with Gasteiger partial charge in [0.25, 0.3) is 0 Å². The van der Waals surface area contributed by atoms with Crippen LogP contribution in [0.4, 0.5) is 0 Å². The molecule has 140 valence electrons. The Kier molecular flexibility index (Phi) is 7.06. The van der Waals surface area contributed by atoms with Gasteiger partial charge in [0.05, 0.1) is 0 Å². The Morgan fingerprint density at radius 2 is 1.44 bits per heavy atom. The van der Waals surface area contributed by atoms with Crippen molar-refractivity contribution in [1.82, 2.24) is 5.32 Å². The van der Waals surface area contributed by atoms with Crippen molar-refractivity contribution in [2.45, 2.75) is 32.2 Å². The van der Waals surface area contributed by atoms with E-state index in [-0.39, 0.29) is 0 Å². The molecule has 27 heavy (non-hydrogen) atoms. The molecule has 1 atom stereocenters. The Hall–Kier alpha value is -2.58. The smallest absolute Gasteiger partial charge is 0.119 e. The zero-order valence-corrected chi connectivity index (χ0v) is 16.3. The van der Waals surface area contributed by atoms with E-state index >= 15 is 0 Å². The van der Waals surface area contributed by atoms with Crippen LogP contribution in [0.25, 0.3) is 0 Å². The van der Waals surface area contributed by atoms with Crippen LogP contribution in [-0.4, -0.2) is 19.2 Å². The van der Waals surface area contributed by atoms with Crippen molar-refractivity contribution in [2.24, 2.45) is 0 Å². The van der Waals surface area contributed by atoms with Gasteiger partial charge in [-0.1, -0.05) is 72.8 Å². The van der Waals surface area contributed by atoms with Gasteiger partial charge in [0.1, 0.15) is 12.4 Å². The fourth-order valence-electron chi connectivity index (χ4n) is 3.36. The second kappa shape index (κ2) is 9.94. The van der Waals surface area contributed by atoms with Gasteiger partial charge in [-0.25, -0.2) is 0 Å². The normalized spacial score (nSPS) is 12.1. The summed E-state index contributed by atoms with van der Waals surface area (Å²) in [6.45, 7) is 5.88. The number of nitrogens with one attached hydrogen (secondary N) is 1. The van der Waals surface area contributed by atoms with Gasteiger partial charge in [-0.2, -0.15) is 0 Å². The summed E-state index contributed by atoms with van der Waals surface area (Å²) in [5.41, 5.74) is 3.96. The first-order chi connectivity index (χ1) is 13.2. The minimum absolute atomic E-state index is 0.303. The van der Waals surface area contributed by atoms with Crippen molar-refractivity contribution in [1.29, 1.82) is 0 Å². The first-order valence-corrected chi connectivity index (χ1v) is 9.75. The van der Waals surface area contributed by atoms with Crippen LogP contribution in [0.2, 0.25) is 0 Å². The molecule has 0 aromatic heterocycles. The van der Waals surface area contributed by atoms with E-state index < -0.39 is 0 Å². The zero-order valence-electron chi connectivity index (χ0n) is 16.3. The van der Waals surface area contributed by atoms with Gasteiger partial charge < -0.3 is 10.1 Å². The van der Waals surface area contributed by atoms with Crippen LogP contribution in [0.5, 0.6) is 5.75 Å². The number of hydrogen-bond acceptors (Lipinski definition) is 2. The van der Waals surface area contributed by atoms with Gasteiger partial charge in [-0.3, -0.25) is 0 Å². The Labute approximate surface area is 163 Å². The molecule has 0 fully saturated rings. The Morgan fingerprint density at radius 3 is 2.04 bits per heavy atom. The van der Waals surface area contributed by atoms with Crippen molar-refractivity contribution in [3.8, 4) is 5.75 Å². The fraction of sp³-hybridized carbons (Fsp3) is 0.280. The molecule has 0 saturated heterocycles. The lowest BCUT2D eigenvalue weighted by Gasteiger charge is -2.20. The Morgan fingerprint density at radius 1 is 0.815 bits per heavy atom. The monoisotopic (exact) mass is 359 g/mol. The molecule has 2 heteroatoms. The molecule has 3 aromatic rings. The third-order valence-electron chi connectivity index (χ3n) is 4.82. The van der Waals surface area contributed by atoms with Crippen molar-refractivity contribution in [3.63, 3.8) is 0 Å². The molecule has 0 heterocycles. The second-order valence-corrected chi connectivity index (χ2v) is 7.15. The predicted molar refractivity (Wildman–Crippen MR) is 113 cm³/mol. The molecule has 0 aliphatic carbocycles. The third kappa shape index (κ3) is 5.97. The molecule has 0 aliphatic heterocycles. The highest BCUT2D eigenvalue weighted by Crippen LogP contribution is 2.27. The standard InChI is InChI=1S/C25H29NO/c1-20-10-9-15-24(18-20)27-19-21(2)26-17-16-25(22-11-5-3-6-12-22)23-13-7-4-8-14-23/h3-15,18,21,25-26H,16-17,19H2,1-2H3. The summed E-state index contributed by atoms with van der Waals surface area (Å²) in [5, 5.41) is 3.61. The minimum atomic E-state index is 0.303. The van der Waals surface area contributed by atoms with Crippen LogP contribution in [0.1, 0.15) is 36.0 Å². The molecule has 0 radical (unpaired) electrons. The molecule has 0 aliphatic rings. The summed E-state index contributed by atoms with van der Waals surface area (Å²) >= 11 is 0. The van der Waals surface area contributed by atoms with E-state index in [0.29, 0.717) is 18.6 Å². The Balaban J connectivity index is 1.53. The lowest BCUT2D eigenvalue weighted by Crippen LogP contribution is -2.33. The first kappa shape index (κ1) is 19.2. The minimum Gasteiger partial charge on any atom is -0.492 e. The summed E-state index contributed by atoms with van der Waals surface area (Å²) in [7, 11) is 0. The van der Waals surface area contributed by atoms with Crippen LogP contribution >= 0.6 is 0 Å². The highest BCUT2D eigenvalue weighted by molar-refractivity contribution is 5.32. The van der Waals surface area contributed by atoms with Crippen molar-refractivity contribution in [2.75, 3.05) is 13.2 Å². The van der Waals surface area contributed by atoms with Crippen molar-refractivity contribution in [3.05, 3.63) is 102 Å². The molecule has 3 aromatic carbocycles. The number of aryl methyl sites for hydroxylation is 1. The topological polar surface area (TPSA) is 21.3 Å². The van der Waals surface area contributed by atoms with E-state index in [1.807, 2.05) is 12.1 Å². The van der Waals surface area contributed by atoms with E-state index in [2.05, 4.69) is 92.0 Å². The van der Waals surface area contributed by atoms with Crippen LogP contribution in [0.15, 0.2) is 84.9 Å². The molecule has 1 unspecified atom stereocenters. The van der Waals surface area contributed by atoms with Gasteiger partial charge in [0.15, 0.2) is 0 Å². The van der Waals surface area contributed by atoms with E-state index in [4.69, 9.17) is 4.74 Å². The summed E-state index contributed by atoms with van der Waals surface area (Å²) in [4.78, 5) is 0. The molecular formula is C25H29NO. The average Bonchev–Trinajstić information content (AvgIpc) is 2.71. The highest BCUT2D eigenvalue weighted by Gasteiger charge is 2.14. The number of benzene rings is 3. The lowest BCUT2D eigenvalue weighted by atomic mass is 9.88. The van der Waals surface area contributed by atoms with E-state index in [0.717, 1.165) is 18.7 Å². The number of hydrogen-bond donors (Lipinski definition) is 1. The summed E-state index contributed by atoms with van der Waals surface area (Å²) < 4.78 is 5.91. The van der Waals surface area contributed by atoms with Gasteiger partial charge in [0, 0.05) is 12.0 Å². The van der Waals surface area contributed by atoms with E-state index in [1.165, 1.54) is 16.7 Å². The highest BCUT2D eigenvalue weighted by atomic mass is 16.5. The van der Waals surface area contributed by atoms with Crippen molar-refractivity contribution < 1.29 is 4.74 Å². The van der Waals surface area contributed by atoms with Crippen LogP contribution in [0, 0.1) is 6.92 Å². The third-order valence-corrected chi connectivity index (χ3v) is 4.82. The largest absolute Gasteiger partial charge is 0.492 e. The van der Waals surface area contributed by atoms with Gasteiger partial charge in [-0.05, 0) is 55.6 Å². The molecule has 2 nitrogen and oxygen atoms in total. The quantitative estimate of drug-likeness (QED) is 0.539. The maximum absolute atomic E-state index is 5.91. The fourth-order valence-corrected chi connectivity index (χ4v) is 3.36. The molecule has 1 N–H and O–H groups in total. The van der Waals surface area contributed by atoms with Crippen LogP contribution in [0.3, 0.4) is 0 Å².